The zero-order valence-electron chi connectivity index (χ0n) is 21.0. The van der Waals surface area contributed by atoms with E-state index in [1.54, 1.807) is 13.2 Å². The second kappa shape index (κ2) is 10.8. The number of halogens is 3. The minimum absolute atomic E-state index is 0.108. The fraction of sp³-hybridized carbons (Fsp3) is 0.519. The number of rotatable bonds is 6. The van der Waals surface area contributed by atoms with Gasteiger partial charge in [0, 0.05) is 57.2 Å². The number of benzene rings is 2. The van der Waals surface area contributed by atoms with Crippen molar-refractivity contribution >= 4 is 17.3 Å². The zero-order valence-corrected chi connectivity index (χ0v) is 21.0. The molecule has 3 aliphatic heterocycles. The van der Waals surface area contributed by atoms with Gasteiger partial charge in [0.25, 0.3) is 0 Å². The number of piperazine rings is 1. The van der Waals surface area contributed by atoms with Crippen molar-refractivity contribution < 1.29 is 27.4 Å². The van der Waals surface area contributed by atoms with Crippen LogP contribution in [0.4, 0.5) is 24.5 Å². The predicted octanol–water partition coefficient (Wildman–Crippen LogP) is 3.03. The van der Waals surface area contributed by atoms with Gasteiger partial charge in [-0.3, -0.25) is 9.69 Å². The van der Waals surface area contributed by atoms with E-state index in [4.69, 9.17) is 9.47 Å². The van der Waals surface area contributed by atoms with Crippen LogP contribution in [0.2, 0.25) is 0 Å². The van der Waals surface area contributed by atoms with Crippen LogP contribution in [0.3, 0.4) is 0 Å². The molecule has 0 radical (unpaired) electrons. The van der Waals surface area contributed by atoms with Crippen LogP contribution < -0.4 is 19.9 Å². The summed E-state index contributed by atoms with van der Waals surface area (Å²) in [6.07, 6.45) is -4.14. The Balaban J connectivity index is 1.36. The zero-order chi connectivity index (χ0) is 26.0. The maximum absolute atomic E-state index is 13.5. The molecule has 10 heteroatoms. The molecule has 3 heterocycles. The Morgan fingerprint density at radius 1 is 1.08 bits per heavy atom. The molecule has 1 amide bonds. The Bertz CT molecular complexity index is 1090. The number of nitrogens with one attached hydrogen (secondary N) is 1. The number of carbonyl (C=O) groups excluding carboxylic acids is 1. The lowest BCUT2D eigenvalue weighted by Crippen LogP contribution is -2.61. The van der Waals surface area contributed by atoms with Crippen LogP contribution in [0.1, 0.15) is 11.1 Å². The maximum atomic E-state index is 13.5. The molecule has 1 N–H and O–H groups in total. The fourth-order valence-electron chi connectivity index (χ4n) is 5.62. The number of fused-ring (bicyclic) bond motifs is 3. The number of amides is 1. The van der Waals surface area contributed by atoms with Crippen molar-refractivity contribution in [2.45, 2.75) is 18.6 Å². The molecule has 0 aromatic heterocycles. The van der Waals surface area contributed by atoms with Crippen LogP contribution >= 0.6 is 0 Å². The molecular weight excluding hydrogens is 485 g/mol. The van der Waals surface area contributed by atoms with Crippen molar-refractivity contribution in [1.29, 1.82) is 0 Å². The van der Waals surface area contributed by atoms with Gasteiger partial charge in [0.1, 0.15) is 5.75 Å². The number of nitrogens with zero attached hydrogens (tertiary/aromatic N) is 3. The summed E-state index contributed by atoms with van der Waals surface area (Å²) < 4.78 is 51.0. The maximum Gasteiger partial charge on any atom is 0.416 e. The van der Waals surface area contributed by atoms with E-state index in [2.05, 4.69) is 20.0 Å². The molecule has 2 saturated heterocycles. The monoisotopic (exact) mass is 518 g/mol. The van der Waals surface area contributed by atoms with Crippen molar-refractivity contribution in [2.24, 2.45) is 5.92 Å². The summed E-state index contributed by atoms with van der Waals surface area (Å²) in [5.41, 5.74) is 1.74. The van der Waals surface area contributed by atoms with Crippen LogP contribution in [-0.2, 0) is 22.1 Å². The summed E-state index contributed by atoms with van der Waals surface area (Å²) >= 11 is 0. The molecule has 200 valence electrons. The van der Waals surface area contributed by atoms with Crippen LogP contribution in [0, 0.1) is 5.92 Å². The third kappa shape index (κ3) is 5.65. The number of methoxy groups -OCH3 is 1. The third-order valence-corrected chi connectivity index (χ3v) is 7.64. The predicted molar refractivity (Wildman–Crippen MR) is 135 cm³/mol. The molecule has 2 aromatic carbocycles. The van der Waals surface area contributed by atoms with Crippen molar-refractivity contribution in [3.63, 3.8) is 0 Å². The lowest BCUT2D eigenvalue weighted by molar-refractivity contribution is -0.137. The molecule has 2 fully saturated rings. The summed E-state index contributed by atoms with van der Waals surface area (Å²) in [5.74, 6) is 0.205. The molecule has 2 aromatic rings. The standard InChI is InChI=1S/C27H33F3N4O3/c1-36-22-5-3-21(4-6-22)33-10-11-34-24-7-2-20(27(28,29)30)16-19(24)17-23(25(34)18-33)26(35)31-8-9-32-12-14-37-15-13-32/h2-7,16,23,25H,8-15,17-18H2,1H3,(H,31,35). The highest BCUT2D eigenvalue weighted by atomic mass is 19.4. The van der Waals surface area contributed by atoms with E-state index in [9.17, 15) is 18.0 Å². The van der Waals surface area contributed by atoms with Crippen LogP contribution in [0.5, 0.6) is 5.75 Å². The number of alkyl halides is 3. The van der Waals surface area contributed by atoms with E-state index in [-0.39, 0.29) is 18.4 Å². The Kier molecular flexibility index (Phi) is 7.48. The van der Waals surface area contributed by atoms with Gasteiger partial charge in [-0.2, -0.15) is 13.2 Å². The molecule has 0 saturated carbocycles. The van der Waals surface area contributed by atoms with Crippen molar-refractivity contribution in [3.05, 3.63) is 53.6 Å². The Labute approximate surface area is 215 Å². The van der Waals surface area contributed by atoms with E-state index in [0.29, 0.717) is 45.0 Å². The molecule has 2 unspecified atom stereocenters. The van der Waals surface area contributed by atoms with Gasteiger partial charge in [-0.05, 0) is 54.4 Å². The van der Waals surface area contributed by atoms with Gasteiger partial charge in [-0.15, -0.1) is 0 Å². The molecule has 0 spiro atoms. The smallest absolute Gasteiger partial charge is 0.416 e. The first-order valence-corrected chi connectivity index (χ1v) is 12.8. The molecule has 0 aliphatic carbocycles. The van der Waals surface area contributed by atoms with Gasteiger partial charge in [-0.1, -0.05) is 0 Å². The lowest BCUT2D eigenvalue weighted by Gasteiger charge is -2.49. The van der Waals surface area contributed by atoms with Crippen molar-refractivity contribution in [2.75, 3.05) is 75.9 Å². The van der Waals surface area contributed by atoms with Crippen LogP contribution in [0.25, 0.3) is 0 Å². The largest absolute Gasteiger partial charge is 0.497 e. The first kappa shape index (κ1) is 25.7. The SMILES string of the molecule is COc1ccc(N2CCN3c4ccc(C(F)(F)F)cc4CC(C(=O)NCCN4CCOCC4)C3C2)cc1. The summed E-state index contributed by atoms with van der Waals surface area (Å²) in [4.78, 5) is 20.1. The number of ether oxygens (including phenoxy) is 2. The molecule has 0 bridgehead atoms. The molecular formula is C27H33F3N4O3. The van der Waals surface area contributed by atoms with Crippen LogP contribution in [0.15, 0.2) is 42.5 Å². The summed E-state index contributed by atoms with van der Waals surface area (Å²) in [6.45, 7) is 6.19. The van der Waals surface area contributed by atoms with E-state index >= 15 is 0 Å². The van der Waals surface area contributed by atoms with Gasteiger partial charge >= 0.3 is 6.18 Å². The Morgan fingerprint density at radius 3 is 2.54 bits per heavy atom. The van der Waals surface area contributed by atoms with Crippen LogP contribution in [-0.4, -0.2) is 83.0 Å². The number of hydrogen-bond donors (Lipinski definition) is 1. The van der Waals surface area contributed by atoms with Gasteiger partial charge in [0.05, 0.1) is 37.8 Å². The van der Waals surface area contributed by atoms with E-state index in [1.165, 1.54) is 6.07 Å². The molecule has 3 aliphatic rings. The number of hydrogen-bond acceptors (Lipinski definition) is 6. The van der Waals surface area contributed by atoms with Gasteiger partial charge in [0.2, 0.25) is 5.91 Å². The average Bonchev–Trinajstić information content (AvgIpc) is 2.92. The molecule has 37 heavy (non-hydrogen) atoms. The summed E-state index contributed by atoms with van der Waals surface area (Å²) in [6, 6.07) is 11.6. The molecule has 2 atom stereocenters. The fourth-order valence-corrected chi connectivity index (χ4v) is 5.62. The summed E-state index contributed by atoms with van der Waals surface area (Å²) in [5, 5.41) is 3.07. The van der Waals surface area contributed by atoms with Gasteiger partial charge in [-0.25, -0.2) is 0 Å². The number of carbonyl (C=O) groups is 1. The van der Waals surface area contributed by atoms with Gasteiger partial charge < -0.3 is 24.6 Å². The van der Waals surface area contributed by atoms with Gasteiger partial charge in [0.15, 0.2) is 0 Å². The average molecular weight is 519 g/mol. The topological polar surface area (TPSA) is 57.3 Å². The highest BCUT2D eigenvalue weighted by molar-refractivity contribution is 5.82. The lowest BCUT2D eigenvalue weighted by atomic mass is 9.82. The quantitative estimate of drug-likeness (QED) is 0.635. The minimum atomic E-state index is -4.42. The van der Waals surface area contributed by atoms with Crippen molar-refractivity contribution in [1.82, 2.24) is 10.2 Å². The molecule has 7 nitrogen and oxygen atoms in total. The first-order chi connectivity index (χ1) is 17.8. The second-order valence-electron chi connectivity index (χ2n) is 9.80. The second-order valence-corrected chi connectivity index (χ2v) is 9.80. The van der Waals surface area contributed by atoms with E-state index in [1.807, 2.05) is 24.3 Å². The Hall–Kier alpha value is -2.98. The van der Waals surface area contributed by atoms with Crippen molar-refractivity contribution in [3.8, 4) is 5.75 Å². The third-order valence-electron chi connectivity index (χ3n) is 7.64. The van der Waals surface area contributed by atoms with E-state index in [0.717, 1.165) is 42.8 Å². The normalized spacial score (nSPS) is 22.3. The highest BCUT2D eigenvalue weighted by Crippen LogP contribution is 2.40. The first-order valence-electron chi connectivity index (χ1n) is 12.8. The highest BCUT2D eigenvalue weighted by Gasteiger charge is 2.42. The minimum Gasteiger partial charge on any atom is -0.497 e. The molecule has 5 rings (SSSR count). The van der Waals surface area contributed by atoms with E-state index < -0.39 is 17.7 Å². The summed E-state index contributed by atoms with van der Waals surface area (Å²) in [7, 11) is 1.62. The number of anilines is 2. The Morgan fingerprint density at radius 2 is 1.84 bits per heavy atom. The number of morpholine rings is 1.